The van der Waals surface area contributed by atoms with Crippen LogP contribution in [0.5, 0.6) is 11.5 Å². The second kappa shape index (κ2) is 11.5. The number of hydrogen-bond donors (Lipinski definition) is 6. The molecule has 19 heteroatoms. The third kappa shape index (κ3) is 6.26. The average Bonchev–Trinajstić information content (AvgIpc) is 3.31. The number of unbranched alkanes of at least 4 members (excludes halogenated alkanes) is 1. The van der Waals surface area contributed by atoms with E-state index in [0.717, 1.165) is 17.4 Å². The van der Waals surface area contributed by atoms with Crippen molar-refractivity contribution in [2.45, 2.75) is 38.3 Å². The number of anilines is 1. The van der Waals surface area contributed by atoms with Crippen LogP contribution in [0.15, 0.2) is 22.7 Å². The molecule has 2 amide bonds. The Morgan fingerprint density at radius 2 is 1.83 bits per heavy atom. The van der Waals surface area contributed by atoms with E-state index in [1.807, 2.05) is 0 Å². The number of amides is 2. The van der Waals surface area contributed by atoms with E-state index in [4.69, 9.17) is 15.1 Å². The number of phenols is 2. The molecule has 2 aromatic heterocycles. The van der Waals surface area contributed by atoms with Crippen LogP contribution < -0.4 is 11.1 Å². The molecule has 0 bridgehead atoms. The molecule has 0 spiro atoms. The van der Waals surface area contributed by atoms with Crippen molar-refractivity contribution in [3.63, 3.8) is 0 Å². The number of phenolic OH excluding ortho intramolecular Hbond substituents is 2. The Kier molecular flexibility index (Phi) is 8.22. The van der Waals surface area contributed by atoms with Crippen molar-refractivity contribution in [1.82, 2.24) is 24.6 Å². The molecule has 1 fully saturated rings. The zero-order valence-corrected chi connectivity index (χ0v) is 22.7. The number of nitrogens with one attached hydrogen (secondary N) is 1. The van der Waals surface area contributed by atoms with Gasteiger partial charge in [0, 0.05) is 17.5 Å². The van der Waals surface area contributed by atoms with Crippen molar-refractivity contribution in [3.8, 4) is 11.5 Å². The van der Waals surface area contributed by atoms with Gasteiger partial charge in [0.05, 0.1) is 22.8 Å². The van der Waals surface area contributed by atoms with Gasteiger partial charge in [0.25, 0.3) is 11.8 Å². The van der Waals surface area contributed by atoms with Crippen LogP contribution in [0.3, 0.4) is 0 Å². The highest BCUT2D eigenvalue weighted by atomic mass is 32.2. The number of benzene rings is 1. The van der Waals surface area contributed by atoms with Crippen molar-refractivity contribution < 1.29 is 47.5 Å². The fourth-order valence-corrected chi connectivity index (χ4v) is 5.38. The van der Waals surface area contributed by atoms with E-state index in [9.17, 15) is 38.1 Å². The van der Waals surface area contributed by atoms with Gasteiger partial charge in [-0.1, -0.05) is 5.16 Å². The number of nitrogen functional groups attached to an aromatic ring is 1. The van der Waals surface area contributed by atoms with Crippen molar-refractivity contribution in [1.29, 1.82) is 0 Å². The zero-order valence-electron chi connectivity index (χ0n) is 21.1. The lowest BCUT2D eigenvalue weighted by Crippen LogP contribution is -2.71. The van der Waals surface area contributed by atoms with E-state index < -0.39 is 51.7 Å². The molecule has 17 nitrogen and oxygen atoms in total. The van der Waals surface area contributed by atoms with Gasteiger partial charge in [0.1, 0.15) is 18.3 Å². The summed E-state index contributed by atoms with van der Waals surface area (Å²) in [6, 6.07) is -0.0218. The SMILES string of the molecule is C[C@@H]1[C@H](NC(=O)C(=NOCCCCc2nc3cc(O)c(O)cc3nc2C(=O)O)c2csc(N)n2)C(=O)N1S(=O)(=O)O. The Morgan fingerprint density at radius 3 is 2.39 bits per heavy atom. The normalized spacial score (nSPS) is 17.4. The maximum Gasteiger partial charge on any atom is 0.362 e. The molecule has 0 saturated carbocycles. The van der Waals surface area contributed by atoms with E-state index in [2.05, 4.69) is 25.4 Å². The summed E-state index contributed by atoms with van der Waals surface area (Å²) in [4.78, 5) is 54.2. The van der Waals surface area contributed by atoms with Crippen LogP contribution in [-0.2, 0) is 31.2 Å². The largest absolute Gasteiger partial charge is 0.504 e. The maximum atomic E-state index is 12.9. The highest BCUT2D eigenvalue weighted by molar-refractivity contribution is 7.84. The highest BCUT2D eigenvalue weighted by Gasteiger charge is 2.51. The minimum absolute atomic E-state index is 0.0240. The number of thiazole rings is 1. The molecule has 1 aliphatic rings. The number of aromatic carboxylic acids is 1. The summed E-state index contributed by atoms with van der Waals surface area (Å²) < 4.78 is 32.0. The first-order chi connectivity index (χ1) is 19.3. The number of carboxylic acids is 1. The summed E-state index contributed by atoms with van der Waals surface area (Å²) in [6.45, 7) is 1.29. The number of carbonyl (C=O) groups is 3. The van der Waals surface area contributed by atoms with Crippen LogP contribution in [0.1, 0.15) is 41.6 Å². The van der Waals surface area contributed by atoms with Gasteiger partial charge in [0.2, 0.25) is 0 Å². The van der Waals surface area contributed by atoms with E-state index in [-0.39, 0.29) is 56.3 Å². The van der Waals surface area contributed by atoms with E-state index in [1.54, 1.807) is 0 Å². The average molecular weight is 610 g/mol. The lowest BCUT2D eigenvalue weighted by molar-refractivity contribution is -0.143. The van der Waals surface area contributed by atoms with E-state index in [1.165, 1.54) is 18.4 Å². The lowest BCUT2D eigenvalue weighted by Gasteiger charge is -2.42. The number of carbonyl (C=O) groups excluding carboxylic acids is 2. The standard InChI is InChI=1S/C22H23N7O10S2/c1-9-16(20(33)29(9)41(36,37)38)27-19(32)17(13-8-40-22(23)26-13)28-39-5-3-2-4-10-18(21(34)35)25-12-7-15(31)14(30)6-11(12)24-10/h6-9,16,30-31H,2-5H2,1H3,(H2,23,26)(H,27,32)(H,34,35)(H,36,37,38)/t9-,16+/m1/s1. The Labute approximate surface area is 235 Å². The topological polar surface area (TPSA) is 268 Å². The molecular weight excluding hydrogens is 586 g/mol. The number of nitrogens with zero attached hydrogens (tertiary/aromatic N) is 5. The minimum Gasteiger partial charge on any atom is -0.504 e. The van der Waals surface area contributed by atoms with Gasteiger partial charge in [-0.05, 0) is 26.2 Å². The highest BCUT2D eigenvalue weighted by Crippen LogP contribution is 2.29. The molecule has 1 saturated heterocycles. The lowest BCUT2D eigenvalue weighted by atomic mass is 10.0. The Bertz CT molecular complexity index is 1670. The van der Waals surface area contributed by atoms with Gasteiger partial charge in [-0.25, -0.2) is 24.1 Å². The summed E-state index contributed by atoms with van der Waals surface area (Å²) >= 11 is 1.02. The molecule has 4 rings (SSSR count). The first-order valence-corrected chi connectivity index (χ1v) is 14.0. The summed E-state index contributed by atoms with van der Waals surface area (Å²) in [7, 11) is -4.78. The molecule has 2 atom stereocenters. The number of oxime groups is 1. The molecule has 41 heavy (non-hydrogen) atoms. The summed E-state index contributed by atoms with van der Waals surface area (Å²) in [5.74, 6) is -4.14. The smallest absolute Gasteiger partial charge is 0.362 e. The fraction of sp³-hybridized carbons (Fsp3) is 0.318. The number of hydrogen-bond acceptors (Lipinski definition) is 14. The first kappa shape index (κ1) is 29.4. The van der Waals surface area contributed by atoms with Crippen LogP contribution in [0.2, 0.25) is 0 Å². The van der Waals surface area contributed by atoms with Gasteiger partial charge < -0.3 is 31.2 Å². The maximum absolute atomic E-state index is 12.9. The molecule has 0 radical (unpaired) electrons. The van der Waals surface area contributed by atoms with Crippen LogP contribution in [0.4, 0.5) is 5.13 Å². The second-order valence-corrected chi connectivity index (χ2v) is 10.9. The van der Waals surface area contributed by atoms with Crippen molar-refractivity contribution in [3.05, 3.63) is 34.6 Å². The van der Waals surface area contributed by atoms with Crippen molar-refractivity contribution in [2.75, 3.05) is 12.3 Å². The first-order valence-electron chi connectivity index (χ1n) is 11.8. The molecule has 218 valence electrons. The molecule has 1 aliphatic heterocycles. The van der Waals surface area contributed by atoms with E-state index >= 15 is 0 Å². The van der Waals surface area contributed by atoms with Crippen LogP contribution >= 0.6 is 11.3 Å². The monoisotopic (exact) mass is 609 g/mol. The molecular formula is C22H23N7O10S2. The fourth-order valence-electron chi connectivity index (χ4n) is 3.95. The molecule has 0 aliphatic carbocycles. The van der Waals surface area contributed by atoms with Crippen LogP contribution in [-0.4, -0.2) is 89.7 Å². The van der Waals surface area contributed by atoms with Gasteiger partial charge in [-0.3, -0.25) is 14.1 Å². The molecule has 0 unspecified atom stereocenters. The second-order valence-electron chi connectivity index (χ2n) is 8.76. The van der Waals surface area contributed by atoms with Gasteiger partial charge in [-0.2, -0.15) is 8.42 Å². The predicted molar refractivity (Wildman–Crippen MR) is 142 cm³/mol. The van der Waals surface area contributed by atoms with Gasteiger partial charge >= 0.3 is 16.3 Å². The Hall–Kier alpha value is -4.62. The number of β-lactam (4-membered cyclic amide) rings is 1. The zero-order chi connectivity index (χ0) is 30.1. The third-order valence-electron chi connectivity index (χ3n) is 5.94. The molecule has 1 aromatic carbocycles. The quantitative estimate of drug-likeness (QED) is 0.0418. The Balaban J connectivity index is 1.40. The molecule has 3 aromatic rings. The number of aryl methyl sites for hydroxylation is 1. The third-order valence-corrected chi connectivity index (χ3v) is 7.62. The number of carboxylic acid groups (broad SMARTS) is 1. The van der Waals surface area contributed by atoms with Crippen molar-refractivity contribution in [2.24, 2.45) is 5.16 Å². The predicted octanol–water partition coefficient (Wildman–Crippen LogP) is 0.0398. The minimum atomic E-state index is -4.78. The summed E-state index contributed by atoms with van der Waals surface area (Å²) in [6.07, 6.45) is 0.866. The number of fused-ring (bicyclic) bond motifs is 1. The van der Waals surface area contributed by atoms with Crippen LogP contribution in [0, 0.1) is 0 Å². The number of nitrogens with two attached hydrogens (primary N) is 1. The molecule has 3 heterocycles. The van der Waals surface area contributed by atoms with Gasteiger partial charge in [0.15, 0.2) is 28.0 Å². The number of aromatic hydroxyl groups is 2. The number of rotatable bonds is 11. The molecule has 7 N–H and O–H groups in total. The van der Waals surface area contributed by atoms with Gasteiger partial charge in [-0.15, -0.1) is 11.3 Å². The Morgan fingerprint density at radius 1 is 1.17 bits per heavy atom. The summed E-state index contributed by atoms with van der Waals surface area (Å²) in [5.41, 5.74) is 5.48. The van der Waals surface area contributed by atoms with Crippen LogP contribution in [0.25, 0.3) is 11.0 Å². The number of aromatic nitrogens is 3. The van der Waals surface area contributed by atoms with E-state index in [0.29, 0.717) is 12.8 Å². The van der Waals surface area contributed by atoms with Crippen molar-refractivity contribution >= 4 is 61.3 Å². The summed E-state index contributed by atoms with van der Waals surface area (Å²) in [5, 5.41) is 36.6.